The molecule has 4 rings (SSSR count). The second-order valence-electron chi connectivity index (χ2n) is 5.18. The molecule has 0 saturated carbocycles. The van der Waals surface area contributed by atoms with Crippen molar-refractivity contribution in [3.63, 3.8) is 0 Å². The topological polar surface area (TPSA) is 51.5 Å². The van der Waals surface area contributed by atoms with Crippen LogP contribution in [0.1, 0.15) is 12.8 Å². The van der Waals surface area contributed by atoms with E-state index >= 15 is 0 Å². The fraction of sp³-hybridized carbons (Fsp3) is 0.333. The van der Waals surface area contributed by atoms with Crippen LogP contribution in [0.2, 0.25) is 0 Å². The first-order valence-corrected chi connectivity index (χ1v) is 8.06. The van der Waals surface area contributed by atoms with Gasteiger partial charge in [0.1, 0.15) is 5.82 Å². The molecular weight excluding hydrogens is 284 g/mol. The van der Waals surface area contributed by atoms with Gasteiger partial charge in [0.25, 0.3) is 0 Å². The van der Waals surface area contributed by atoms with Crippen LogP contribution in [-0.2, 0) is 4.74 Å². The monoisotopic (exact) mass is 300 g/mol. The van der Waals surface area contributed by atoms with Crippen molar-refractivity contribution in [2.45, 2.75) is 18.9 Å². The van der Waals surface area contributed by atoms with Crippen LogP contribution < -0.4 is 5.32 Å². The molecule has 108 valence electrons. The van der Waals surface area contributed by atoms with Crippen molar-refractivity contribution in [2.24, 2.45) is 0 Å². The molecule has 3 aromatic rings. The van der Waals surface area contributed by atoms with Gasteiger partial charge < -0.3 is 10.1 Å². The van der Waals surface area contributed by atoms with E-state index < -0.39 is 0 Å². The van der Waals surface area contributed by atoms with Gasteiger partial charge in [-0.05, 0) is 36.4 Å². The summed E-state index contributed by atoms with van der Waals surface area (Å²) >= 11 is 1.68. The molecular formula is C15H16N4OS. The number of fused-ring (bicyclic) bond motifs is 1. The average Bonchev–Trinajstić information content (AvgIpc) is 3.16. The molecule has 3 aromatic heterocycles. The van der Waals surface area contributed by atoms with E-state index in [-0.39, 0.29) is 0 Å². The van der Waals surface area contributed by atoms with Crippen LogP contribution in [0.5, 0.6) is 0 Å². The predicted molar refractivity (Wildman–Crippen MR) is 83.8 cm³/mol. The number of ether oxygens (including phenoxy) is 1. The first kappa shape index (κ1) is 12.8. The molecule has 0 amide bonds. The van der Waals surface area contributed by atoms with E-state index in [1.54, 1.807) is 11.3 Å². The Morgan fingerprint density at radius 2 is 2.14 bits per heavy atom. The van der Waals surface area contributed by atoms with Crippen molar-refractivity contribution in [1.29, 1.82) is 0 Å². The standard InChI is InChI=1S/C15H16N4OS/c1-2-15-16-9-13(11-5-8-21-10-11)19(15)18-14(1)17-12-3-6-20-7-4-12/h1-2,5,8-10,12H,3-4,6-7H2,(H,17,18). The van der Waals surface area contributed by atoms with Crippen LogP contribution in [0.3, 0.4) is 0 Å². The van der Waals surface area contributed by atoms with Gasteiger partial charge in [-0.2, -0.15) is 11.3 Å². The number of nitrogens with zero attached hydrogens (tertiary/aromatic N) is 3. The van der Waals surface area contributed by atoms with Gasteiger partial charge in [-0.3, -0.25) is 0 Å². The lowest BCUT2D eigenvalue weighted by molar-refractivity contribution is 0.0903. The van der Waals surface area contributed by atoms with Gasteiger partial charge in [0.05, 0.1) is 11.9 Å². The van der Waals surface area contributed by atoms with E-state index in [0.717, 1.165) is 48.8 Å². The normalized spacial score (nSPS) is 16.4. The lowest BCUT2D eigenvalue weighted by Gasteiger charge is -2.23. The first-order chi connectivity index (χ1) is 10.4. The maximum atomic E-state index is 5.39. The highest BCUT2D eigenvalue weighted by molar-refractivity contribution is 7.08. The van der Waals surface area contributed by atoms with Crippen LogP contribution in [0, 0.1) is 0 Å². The third-order valence-corrected chi connectivity index (χ3v) is 4.44. The van der Waals surface area contributed by atoms with Gasteiger partial charge >= 0.3 is 0 Å². The fourth-order valence-corrected chi connectivity index (χ4v) is 3.26. The summed E-state index contributed by atoms with van der Waals surface area (Å²) in [6.45, 7) is 1.65. The van der Waals surface area contributed by atoms with Crippen molar-refractivity contribution < 1.29 is 4.74 Å². The molecule has 0 unspecified atom stereocenters. The smallest absolute Gasteiger partial charge is 0.154 e. The minimum absolute atomic E-state index is 0.441. The summed E-state index contributed by atoms with van der Waals surface area (Å²) < 4.78 is 7.30. The Kier molecular flexibility index (Phi) is 3.33. The summed E-state index contributed by atoms with van der Waals surface area (Å²) in [5, 5.41) is 12.4. The number of hydrogen-bond acceptors (Lipinski definition) is 5. The summed E-state index contributed by atoms with van der Waals surface area (Å²) in [6, 6.07) is 6.53. The van der Waals surface area contributed by atoms with E-state index in [2.05, 4.69) is 27.1 Å². The highest BCUT2D eigenvalue weighted by atomic mass is 32.1. The van der Waals surface area contributed by atoms with Gasteiger partial charge in [-0.15, -0.1) is 5.10 Å². The summed E-state index contributed by atoms with van der Waals surface area (Å²) in [5.41, 5.74) is 3.05. The Morgan fingerprint density at radius 1 is 1.24 bits per heavy atom. The molecule has 6 heteroatoms. The molecule has 0 atom stereocenters. The molecule has 1 aliphatic heterocycles. The molecule has 1 saturated heterocycles. The fourth-order valence-electron chi connectivity index (χ4n) is 2.61. The Labute approximate surface area is 126 Å². The number of rotatable bonds is 3. The van der Waals surface area contributed by atoms with Gasteiger partial charge in [0.15, 0.2) is 5.65 Å². The SMILES string of the molecule is c1cc(-c2cnc3ccc(NC4CCOCC4)nn23)cs1. The minimum Gasteiger partial charge on any atom is -0.381 e. The maximum absolute atomic E-state index is 5.39. The average molecular weight is 300 g/mol. The van der Waals surface area contributed by atoms with Crippen LogP contribution in [0.4, 0.5) is 5.82 Å². The molecule has 4 heterocycles. The molecule has 0 spiro atoms. The number of imidazole rings is 1. The largest absolute Gasteiger partial charge is 0.381 e. The second-order valence-corrected chi connectivity index (χ2v) is 5.96. The predicted octanol–water partition coefficient (Wildman–Crippen LogP) is 3.05. The Morgan fingerprint density at radius 3 is 2.95 bits per heavy atom. The van der Waals surface area contributed by atoms with Crippen LogP contribution in [0.15, 0.2) is 35.2 Å². The zero-order chi connectivity index (χ0) is 14.1. The van der Waals surface area contributed by atoms with Gasteiger partial charge in [0, 0.05) is 30.2 Å². The number of nitrogens with one attached hydrogen (secondary N) is 1. The lowest BCUT2D eigenvalue weighted by Crippen LogP contribution is -2.28. The third kappa shape index (κ3) is 2.52. The van der Waals surface area contributed by atoms with Gasteiger partial charge in [0.2, 0.25) is 0 Å². The molecule has 1 aliphatic rings. The van der Waals surface area contributed by atoms with E-state index in [9.17, 15) is 0 Å². The molecule has 0 aromatic carbocycles. The molecule has 0 aliphatic carbocycles. The van der Waals surface area contributed by atoms with Crippen LogP contribution in [-0.4, -0.2) is 33.9 Å². The third-order valence-electron chi connectivity index (χ3n) is 3.75. The van der Waals surface area contributed by atoms with Crippen molar-refractivity contribution in [3.8, 4) is 11.3 Å². The highest BCUT2D eigenvalue weighted by Crippen LogP contribution is 2.23. The van der Waals surface area contributed by atoms with E-state index in [1.165, 1.54) is 0 Å². The summed E-state index contributed by atoms with van der Waals surface area (Å²) in [7, 11) is 0. The molecule has 1 fully saturated rings. The molecule has 0 bridgehead atoms. The Balaban J connectivity index is 1.66. The van der Waals surface area contributed by atoms with Crippen molar-refractivity contribution in [1.82, 2.24) is 14.6 Å². The van der Waals surface area contributed by atoms with Crippen LogP contribution in [0.25, 0.3) is 16.9 Å². The zero-order valence-corrected chi connectivity index (χ0v) is 12.3. The van der Waals surface area contributed by atoms with E-state index in [0.29, 0.717) is 6.04 Å². The highest BCUT2D eigenvalue weighted by Gasteiger charge is 2.15. The van der Waals surface area contributed by atoms with Crippen molar-refractivity contribution >= 4 is 22.8 Å². The number of thiophene rings is 1. The minimum atomic E-state index is 0.441. The Hall–Kier alpha value is -1.92. The molecule has 0 radical (unpaired) electrons. The first-order valence-electron chi connectivity index (χ1n) is 7.12. The lowest BCUT2D eigenvalue weighted by atomic mass is 10.1. The van der Waals surface area contributed by atoms with Gasteiger partial charge in [-0.25, -0.2) is 9.50 Å². The molecule has 1 N–H and O–H groups in total. The van der Waals surface area contributed by atoms with Crippen LogP contribution >= 0.6 is 11.3 Å². The number of hydrogen-bond donors (Lipinski definition) is 1. The van der Waals surface area contributed by atoms with E-state index in [1.807, 2.05) is 22.8 Å². The summed E-state index contributed by atoms with van der Waals surface area (Å²) in [4.78, 5) is 4.42. The van der Waals surface area contributed by atoms with Crippen molar-refractivity contribution in [2.75, 3.05) is 18.5 Å². The molecule has 21 heavy (non-hydrogen) atoms. The molecule has 5 nitrogen and oxygen atoms in total. The number of anilines is 1. The quantitative estimate of drug-likeness (QED) is 0.808. The maximum Gasteiger partial charge on any atom is 0.154 e. The van der Waals surface area contributed by atoms with E-state index in [4.69, 9.17) is 9.84 Å². The summed E-state index contributed by atoms with van der Waals surface area (Å²) in [6.07, 6.45) is 3.94. The number of aromatic nitrogens is 3. The van der Waals surface area contributed by atoms with Crippen molar-refractivity contribution in [3.05, 3.63) is 35.2 Å². The second kappa shape index (κ2) is 5.46. The zero-order valence-electron chi connectivity index (χ0n) is 11.5. The Bertz CT molecular complexity index is 731. The summed E-state index contributed by atoms with van der Waals surface area (Å²) in [5.74, 6) is 0.892. The van der Waals surface area contributed by atoms with Gasteiger partial charge in [-0.1, -0.05) is 0 Å².